The predicted molar refractivity (Wildman–Crippen MR) is 71.8 cm³/mol. The molecule has 1 unspecified atom stereocenters. The van der Waals surface area contributed by atoms with Gasteiger partial charge in [0.25, 0.3) is 5.89 Å². The van der Waals surface area contributed by atoms with Crippen LogP contribution in [0.2, 0.25) is 0 Å². The highest BCUT2D eigenvalue weighted by Crippen LogP contribution is 2.24. The molecule has 0 saturated heterocycles. The first-order chi connectivity index (χ1) is 9.63. The molecular weight excluding hydrogens is 258 g/mol. The number of aromatic nitrogens is 4. The van der Waals surface area contributed by atoms with Crippen molar-refractivity contribution in [2.45, 2.75) is 38.3 Å². The summed E-state index contributed by atoms with van der Waals surface area (Å²) < 4.78 is 12.7. The van der Waals surface area contributed by atoms with Crippen LogP contribution in [-0.2, 0) is 11.8 Å². The lowest BCUT2D eigenvalue weighted by atomic mass is 9.96. The van der Waals surface area contributed by atoms with Crippen LogP contribution in [0.25, 0.3) is 11.5 Å². The Morgan fingerprint density at radius 2 is 2.35 bits per heavy atom. The van der Waals surface area contributed by atoms with Crippen LogP contribution in [0.15, 0.2) is 10.7 Å². The Bertz CT molecular complexity index is 587. The van der Waals surface area contributed by atoms with E-state index in [0.717, 1.165) is 24.1 Å². The first-order valence-corrected chi connectivity index (χ1v) is 6.85. The van der Waals surface area contributed by atoms with Crippen molar-refractivity contribution in [1.29, 1.82) is 0 Å². The van der Waals surface area contributed by atoms with Crippen LogP contribution in [0.1, 0.15) is 36.8 Å². The molecule has 0 aromatic carbocycles. The van der Waals surface area contributed by atoms with Gasteiger partial charge < -0.3 is 15.0 Å². The van der Waals surface area contributed by atoms with Crippen molar-refractivity contribution in [3.05, 3.63) is 17.7 Å². The summed E-state index contributed by atoms with van der Waals surface area (Å²) in [4.78, 5) is 4.34. The first kappa shape index (κ1) is 13.3. The van der Waals surface area contributed by atoms with Crippen LogP contribution in [0.4, 0.5) is 0 Å². The minimum atomic E-state index is -0.356. The fraction of sp³-hybridized carbons (Fsp3) is 0.615. The quantitative estimate of drug-likeness (QED) is 0.886. The fourth-order valence-electron chi connectivity index (χ4n) is 2.16. The zero-order valence-corrected chi connectivity index (χ0v) is 11.7. The van der Waals surface area contributed by atoms with E-state index in [4.69, 9.17) is 15.0 Å². The maximum atomic E-state index is 6.03. The normalized spacial score (nSPS) is 17.1. The second kappa shape index (κ2) is 5.34. The van der Waals surface area contributed by atoms with Crippen molar-refractivity contribution in [2.24, 2.45) is 12.8 Å². The molecule has 0 amide bonds. The maximum Gasteiger partial charge on any atom is 0.261 e. The molecule has 1 fully saturated rings. The van der Waals surface area contributed by atoms with Gasteiger partial charge in [0.05, 0.1) is 30.0 Å². The number of aryl methyl sites for hydroxylation is 2. The lowest BCUT2D eigenvalue weighted by molar-refractivity contribution is -0.00549. The van der Waals surface area contributed by atoms with Crippen molar-refractivity contribution >= 4 is 0 Å². The van der Waals surface area contributed by atoms with E-state index >= 15 is 0 Å². The van der Waals surface area contributed by atoms with Crippen LogP contribution in [-0.4, -0.2) is 32.6 Å². The van der Waals surface area contributed by atoms with E-state index in [1.54, 1.807) is 4.68 Å². The van der Waals surface area contributed by atoms with Gasteiger partial charge in [0.1, 0.15) is 0 Å². The highest BCUT2D eigenvalue weighted by atomic mass is 16.5. The third-order valence-electron chi connectivity index (χ3n) is 3.58. The molecule has 1 aliphatic rings. The van der Waals surface area contributed by atoms with Crippen molar-refractivity contribution in [2.75, 3.05) is 6.61 Å². The standard InChI is InChI=1S/C13H19N5O2/c1-8-10(6-18(2)16-8)13-15-12(17-20-13)11(14)7-19-9-4-3-5-9/h6,9,11H,3-5,7,14H2,1-2H3. The van der Waals surface area contributed by atoms with Gasteiger partial charge in [0.15, 0.2) is 5.82 Å². The fourth-order valence-corrected chi connectivity index (χ4v) is 2.16. The molecule has 108 valence electrons. The molecular formula is C13H19N5O2. The molecule has 0 spiro atoms. The number of hydrogen-bond acceptors (Lipinski definition) is 6. The van der Waals surface area contributed by atoms with Crippen LogP contribution >= 0.6 is 0 Å². The van der Waals surface area contributed by atoms with Crippen molar-refractivity contribution in [3.8, 4) is 11.5 Å². The second-order valence-electron chi connectivity index (χ2n) is 5.25. The summed E-state index contributed by atoms with van der Waals surface area (Å²) in [5.41, 5.74) is 7.71. The molecule has 0 bridgehead atoms. The molecule has 2 aromatic heterocycles. The third-order valence-corrected chi connectivity index (χ3v) is 3.58. The maximum absolute atomic E-state index is 6.03. The third kappa shape index (κ3) is 2.59. The summed E-state index contributed by atoms with van der Waals surface area (Å²) in [6.07, 6.45) is 5.70. The van der Waals surface area contributed by atoms with E-state index in [2.05, 4.69) is 15.2 Å². The minimum Gasteiger partial charge on any atom is -0.376 e. The molecule has 2 heterocycles. The lowest BCUT2D eigenvalue weighted by Crippen LogP contribution is -2.27. The van der Waals surface area contributed by atoms with Crippen LogP contribution in [0.3, 0.4) is 0 Å². The van der Waals surface area contributed by atoms with Gasteiger partial charge >= 0.3 is 0 Å². The Morgan fingerprint density at radius 1 is 1.55 bits per heavy atom. The first-order valence-electron chi connectivity index (χ1n) is 6.85. The highest BCUT2D eigenvalue weighted by molar-refractivity contribution is 5.54. The number of rotatable bonds is 5. The van der Waals surface area contributed by atoms with Gasteiger partial charge in [-0.3, -0.25) is 4.68 Å². The molecule has 0 radical (unpaired) electrons. The van der Waals surface area contributed by atoms with E-state index in [-0.39, 0.29) is 6.04 Å². The number of hydrogen-bond donors (Lipinski definition) is 1. The van der Waals surface area contributed by atoms with Gasteiger partial charge in [-0.05, 0) is 26.2 Å². The van der Waals surface area contributed by atoms with Gasteiger partial charge in [-0.15, -0.1) is 0 Å². The number of nitrogens with zero attached hydrogens (tertiary/aromatic N) is 4. The molecule has 1 saturated carbocycles. The second-order valence-corrected chi connectivity index (χ2v) is 5.25. The summed E-state index contributed by atoms with van der Waals surface area (Å²) in [7, 11) is 1.85. The summed E-state index contributed by atoms with van der Waals surface area (Å²) >= 11 is 0. The molecule has 7 heteroatoms. The van der Waals surface area contributed by atoms with Crippen molar-refractivity contribution in [3.63, 3.8) is 0 Å². The number of nitrogens with two attached hydrogens (primary N) is 1. The molecule has 0 aliphatic heterocycles. The average molecular weight is 277 g/mol. The van der Waals surface area contributed by atoms with Gasteiger partial charge in [-0.1, -0.05) is 5.16 Å². The van der Waals surface area contributed by atoms with Crippen LogP contribution < -0.4 is 5.73 Å². The molecule has 1 aliphatic carbocycles. The lowest BCUT2D eigenvalue weighted by Gasteiger charge is -2.26. The Hall–Kier alpha value is -1.73. The topological polar surface area (TPSA) is 92.0 Å². The number of ether oxygens (including phenoxy) is 1. The smallest absolute Gasteiger partial charge is 0.261 e. The molecule has 7 nitrogen and oxygen atoms in total. The van der Waals surface area contributed by atoms with Crippen molar-refractivity contribution in [1.82, 2.24) is 19.9 Å². The average Bonchev–Trinajstić information content (AvgIpc) is 2.93. The molecule has 2 N–H and O–H groups in total. The predicted octanol–water partition coefficient (Wildman–Crippen LogP) is 1.35. The summed E-state index contributed by atoms with van der Waals surface area (Å²) in [5, 5.41) is 8.19. The molecule has 1 atom stereocenters. The van der Waals surface area contributed by atoms with Crippen LogP contribution in [0, 0.1) is 6.92 Å². The van der Waals surface area contributed by atoms with Gasteiger partial charge in [-0.25, -0.2) is 0 Å². The van der Waals surface area contributed by atoms with Gasteiger partial charge in [0.2, 0.25) is 0 Å². The largest absolute Gasteiger partial charge is 0.376 e. The molecule has 3 rings (SSSR count). The summed E-state index contributed by atoms with van der Waals surface area (Å²) in [6.45, 7) is 2.33. The van der Waals surface area contributed by atoms with E-state index in [9.17, 15) is 0 Å². The summed E-state index contributed by atoms with van der Waals surface area (Å²) in [5.74, 6) is 0.923. The minimum absolute atomic E-state index is 0.355. The van der Waals surface area contributed by atoms with Crippen molar-refractivity contribution < 1.29 is 9.26 Å². The van der Waals surface area contributed by atoms with Crippen LogP contribution in [0.5, 0.6) is 0 Å². The Labute approximate surface area is 117 Å². The van der Waals surface area contributed by atoms with E-state index in [1.165, 1.54) is 6.42 Å². The molecule has 2 aromatic rings. The van der Waals surface area contributed by atoms with E-state index in [1.807, 2.05) is 20.2 Å². The summed E-state index contributed by atoms with van der Waals surface area (Å²) in [6, 6.07) is -0.356. The van der Waals surface area contributed by atoms with Gasteiger partial charge in [-0.2, -0.15) is 10.1 Å². The Kier molecular flexibility index (Phi) is 3.54. The van der Waals surface area contributed by atoms with E-state index in [0.29, 0.717) is 24.4 Å². The monoisotopic (exact) mass is 277 g/mol. The SMILES string of the molecule is Cc1nn(C)cc1-c1nc(C(N)COC2CCC2)no1. The Balaban J connectivity index is 1.67. The Morgan fingerprint density at radius 3 is 2.95 bits per heavy atom. The highest BCUT2D eigenvalue weighted by Gasteiger charge is 2.22. The molecule has 20 heavy (non-hydrogen) atoms. The van der Waals surface area contributed by atoms with Gasteiger partial charge in [0, 0.05) is 13.2 Å². The zero-order chi connectivity index (χ0) is 14.1. The zero-order valence-electron chi connectivity index (χ0n) is 11.7. The van der Waals surface area contributed by atoms with E-state index < -0.39 is 0 Å².